The number of pyridine rings is 1. The summed E-state index contributed by atoms with van der Waals surface area (Å²) in [5.74, 6) is 1.68. The van der Waals surface area contributed by atoms with Crippen molar-refractivity contribution < 1.29 is 14.1 Å². The summed E-state index contributed by atoms with van der Waals surface area (Å²) < 4.78 is 10.3. The third-order valence-electron chi connectivity index (χ3n) is 3.18. The molecule has 26 heavy (non-hydrogen) atoms. The third kappa shape index (κ3) is 4.87. The summed E-state index contributed by atoms with van der Waals surface area (Å²) in [5.41, 5.74) is 0.709. The number of carbonyl (C=O) groups is 1. The number of aromatic nitrogens is 2. The van der Waals surface area contributed by atoms with Crippen LogP contribution in [-0.4, -0.2) is 22.7 Å². The van der Waals surface area contributed by atoms with E-state index in [0.717, 1.165) is 0 Å². The van der Waals surface area contributed by atoms with Crippen LogP contribution in [0, 0.1) is 6.92 Å². The van der Waals surface area contributed by atoms with Crippen LogP contribution < -0.4 is 15.4 Å². The molecule has 3 aromatic rings. The molecule has 134 valence electrons. The average molecular weight is 393 g/mol. The first-order valence-corrected chi connectivity index (χ1v) is 8.29. The molecule has 0 spiro atoms. The highest BCUT2D eigenvalue weighted by Gasteiger charge is 2.08. The molecule has 2 N–H and O–H groups in total. The molecule has 0 saturated carbocycles. The number of hydrogen-bond acceptors (Lipinski definition) is 6. The quantitative estimate of drug-likeness (QED) is 0.644. The first-order valence-electron chi connectivity index (χ1n) is 7.54. The van der Waals surface area contributed by atoms with E-state index in [0.29, 0.717) is 38.9 Å². The number of anilines is 3. The van der Waals surface area contributed by atoms with Gasteiger partial charge >= 0.3 is 0 Å². The van der Waals surface area contributed by atoms with Gasteiger partial charge in [-0.25, -0.2) is 4.98 Å². The Bertz CT molecular complexity index is 913. The summed E-state index contributed by atoms with van der Waals surface area (Å²) in [7, 11) is 0. The zero-order chi connectivity index (χ0) is 18.5. The number of carbonyl (C=O) groups excluding carboxylic acids is 1. The van der Waals surface area contributed by atoms with Crippen molar-refractivity contribution in [3.8, 4) is 5.75 Å². The van der Waals surface area contributed by atoms with Gasteiger partial charge in [-0.15, -0.1) is 0 Å². The van der Waals surface area contributed by atoms with E-state index in [1.165, 1.54) is 0 Å². The summed E-state index contributed by atoms with van der Waals surface area (Å²) in [6.45, 7) is 1.59. The second-order valence-corrected chi connectivity index (χ2v) is 6.14. The predicted octanol–water partition coefficient (Wildman–Crippen LogP) is 4.45. The monoisotopic (exact) mass is 392 g/mol. The fraction of sp³-hybridized carbons (Fsp3) is 0.118. The number of hydrogen-bond donors (Lipinski definition) is 2. The van der Waals surface area contributed by atoms with Gasteiger partial charge in [0.05, 0.1) is 16.9 Å². The van der Waals surface area contributed by atoms with Crippen molar-refractivity contribution in [2.24, 2.45) is 0 Å². The van der Waals surface area contributed by atoms with Crippen LogP contribution in [0.1, 0.15) is 5.76 Å². The molecule has 0 aliphatic rings. The van der Waals surface area contributed by atoms with Crippen LogP contribution in [0.3, 0.4) is 0 Å². The normalized spacial score (nSPS) is 10.4. The molecule has 0 fully saturated rings. The maximum Gasteiger partial charge on any atom is 0.263 e. The Morgan fingerprint density at radius 1 is 1.19 bits per heavy atom. The lowest BCUT2D eigenvalue weighted by atomic mass is 10.3. The second-order valence-electron chi connectivity index (χ2n) is 5.29. The molecular weight excluding hydrogens is 379 g/mol. The molecule has 0 atom stereocenters. The lowest BCUT2D eigenvalue weighted by Gasteiger charge is -2.09. The van der Waals surface area contributed by atoms with Crippen molar-refractivity contribution >= 4 is 46.4 Å². The topological polar surface area (TPSA) is 89.3 Å². The van der Waals surface area contributed by atoms with Gasteiger partial charge in [0, 0.05) is 11.1 Å². The van der Waals surface area contributed by atoms with Crippen molar-refractivity contribution in [1.29, 1.82) is 0 Å². The molecule has 9 heteroatoms. The highest BCUT2D eigenvalue weighted by molar-refractivity contribution is 6.35. The van der Waals surface area contributed by atoms with Gasteiger partial charge in [-0.2, -0.15) is 0 Å². The van der Waals surface area contributed by atoms with Crippen LogP contribution >= 0.6 is 23.2 Å². The SMILES string of the molecule is Cc1cc(Nc2ccc(NC(=O)COc3ccc(Cl)cc3Cl)nc2)no1. The van der Waals surface area contributed by atoms with Gasteiger partial charge in [0.2, 0.25) is 0 Å². The first kappa shape index (κ1) is 18.0. The number of halogens is 2. The fourth-order valence-electron chi connectivity index (χ4n) is 2.03. The second kappa shape index (κ2) is 8.07. The first-order chi connectivity index (χ1) is 12.5. The molecule has 0 aliphatic carbocycles. The minimum absolute atomic E-state index is 0.207. The van der Waals surface area contributed by atoms with Crippen molar-refractivity contribution in [1.82, 2.24) is 10.1 Å². The predicted molar refractivity (Wildman–Crippen MR) is 99.3 cm³/mol. The van der Waals surface area contributed by atoms with Gasteiger partial charge in [0.1, 0.15) is 17.3 Å². The average Bonchev–Trinajstić information content (AvgIpc) is 3.01. The van der Waals surface area contributed by atoms with Crippen LogP contribution in [0.15, 0.2) is 47.1 Å². The summed E-state index contributed by atoms with van der Waals surface area (Å²) >= 11 is 11.8. The molecule has 3 rings (SSSR count). The maximum atomic E-state index is 12.0. The molecule has 7 nitrogen and oxygen atoms in total. The highest BCUT2D eigenvalue weighted by atomic mass is 35.5. The van der Waals surface area contributed by atoms with Crippen molar-refractivity contribution in [2.75, 3.05) is 17.2 Å². The minimum atomic E-state index is -0.364. The number of nitrogens with one attached hydrogen (secondary N) is 2. The molecular formula is C17H14Cl2N4O3. The van der Waals surface area contributed by atoms with Crippen LogP contribution in [0.25, 0.3) is 0 Å². The van der Waals surface area contributed by atoms with Gasteiger partial charge in [-0.1, -0.05) is 28.4 Å². The molecule has 0 saturated heterocycles. The lowest BCUT2D eigenvalue weighted by molar-refractivity contribution is -0.118. The molecule has 0 aliphatic heterocycles. The molecule has 2 aromatic heterocycles. The van der Waals surface area contributed by atoms with Gasteiger partial charge in [-0.3, -0.25) is 4.79 Å². The number of benzene rings is 1. The molecule has 2 heterocycles. The maximum absolute atomic E-state index is 12.0. The van der Waals surface area contributed by atoms with E-state index in [9.17, 15) is 4.79 Å². The van der Waals surface area contributed by atoms with E-state index in [2.05, 4.69) is 20.8 Å². The largest absolute Gasteiger partial charge is 0.482 e. The van der Waals surface area contributed by atoms with E-state index in [4.69, 9.17) is 32.5 Å². The van der Waals surface area contributed by atoms with E-state index in [-0.39, 0.29) is 12.5 Å². The van der Waals surface area contributed by atoms with E-state index < -0.39 is 0 Å². The molecule has 0 radical (unpaired) electrons. The fourth-order valence-corrected chi connectivity index (χ4v) is 2.49. The number of ether oxygens (including phenoxy) is 1. The van der Waals surface area contributed by atoms with Crippen LogP contribution in [0.2, 0.25) is 10.0 Å². The van der Waals surface area contributed by atoms with Crippen molar-refractivity contribution in [3.05, 3.63) is 58.4 Å². The van der Waals surface area contributed by atoms with Crippen molar-refractivity contribution in [3.63, 3.8) is 0 Å². The highest BCUT2D eigenvalue weighted by Crippen LogP contribution is 2.27. The van der Waals surface area contributed by atoms with Gasteiger partial charge in [0.15, 0.2) is 12.4 Å². The summed E-state index contributed by atoms with van der Waals surface area (Å²) in [5, 5.41) is 10.3. The molecule has 1 aromatic carbocycles. The Morgan fingerprint density at radius 2 is 2.04 bits per heavy atom. The summed E-state index contributed by atoms with van der Waals surface area (Å²) in [6.07, 6.45) is 1.57. The zero-order valence-electron chi connectivity index (χ0n) is 13.6. The van der Waals surface area contributed by atoms with Crippen LogP contribution in [0.4, 0.5) is 17.3 Å². The number of aryl methyl sites for hydroxylation is 1. The summed E-state index contributed by atoms with van der Waals surface area (Å²) in [4.78, 5) is 16.1. The molecule has 0 unspecified atom stereocenters. The van der Waals surface area contributed by atoms with Crippen molar-refractivity contribution in [2.45, 2.75) is 6.92 Å². The van der Waals surface area contributed by atoms with E-state index in [1.807, 2.05) is 0 Å². The number of rotatable bonds is 6. The Morgan fingerprint density at radius 3 is 2.69 bits per heavy atom. The minimum Gasteiger partial charge on any atom is -0.482 e. The van der Waals surface area contributed by atoms with Crippen LogP contribution in [-0.2, 0) is 4.79 Å². The third-order valence-corrected chi connectivity index (χ3v) is 3.71. The van der Waals surface area contributed by atoms with E-state index in [1.54, 1.807) is 49.5 Å². The smallest absolute Gasteiger partial charge is 0.263 e. The standard InChI is InChI=1S/C17H14Cl2N4O3/c1-10-6-16(23-26-10)21-12-3-5-15(20-8-12)22-17(24)9-25-14-4-2-11(18)7-13(14)19/h2-8H,9H2,1H3,(H,21,23)(H,20,22,24). The Balaban J connectivity index is 1.52. The van der Waals surface area contributed by atoms with E-state index >= 15 is 0 Å². The lowest BCUT2D eigenvalue weighted by Crippen LogP contribution is -2.20. The van der Waals surface area contributed by atoms with Gasteiger partial charge < -0.3 is 19.9 Å². The van der Waals surface area contributed by atoms with Gasteiger partial charge in [0.25, 0.3) is 5.91 Å². The zero-order valence-corrected chi connectivity index (χ0v) is 15.1. The molecule has 1 amide bonds. The van der Waals surface area contributed by atoms with Gasteiger partial charge in [-0.05, 0) is 37.3 Å². The number of nitrogens with zero attached hydrogens (tertiary/aromatic N) is 2. The Hall–Kier alpha value is -2.77. The molecule has 0 bridgehead atoms. The Kier molecular flexibility index (Phi) is 5.60. The summed E-state index contributed by atoms with van der Waals surface area (Å²) in [6, 6.07) is 9.94. The Labute approximate surface area is 159 Å². The number of amides is 1. The van der Waals surface area contributed by atoms with Crippen LogP contribution in [0.5, 0.6) is 5.75 Å².